The average molecular weight is 291 g/mol. The summed E-state index contributed by atoms with van der Waals surface area (Å²) < 4.78 is 7.33. The molecule has 1 heterocycles. The minimum absolute atomic E-state index is 0.319. The molecule has 0 saturated carbocycles. The van der Waals surface area contributed by atoms with Crippen LogP contribution in [0.15, 0.2) is 24.3 Å². The van der Waals surface area contributed by atoms with Crippen LogP contribution >= 0.6 is 11.3 Å². The molecule has 1 unspecified atom stereocenters. The lowest BCUT2D eigenvalue weighted by Crippen LogP contribution is -2.22. The highest BCUT2D eigenvalue weighted by Crippen LogP contribution is 2.32. The summed E-state index contributed by atoms with van der Waals surface area (Å²) in [6.07, 6.45) is 1.38. The van der Waals surface area contributed by atoms with Gasteiger partial charge in [-0.05, 0) is 24.8 Å². The number of hydrogen-bond donors (Lipinski definition) is 1. The van der Waals surface area contributed by atoms with Crippen LogP contribution < -0.4 is 5.32 Å². The number of hydrogen-bond acceptors (Lipinski definition) is 3. The quantitative estimate of drug-likeness (QED) is 0.797. The molecule has 0 saturated heterocycles. The number of ether oxygens (including phenoxy) is 1. The van der Waals surface area contributed by atoms with Crippen molar-refractivity contribution in [3.05, 3.63) is 34.7 Å². The Balaban J connectivity index is 2.24. The van der Waals surface area contributed by atoms with Crippen molar-refractivity contribution in [2.45, 2.75) is 59.4 Å². The summed E-state index contributed by atoms with van der Waals surface area (Å²) in [5.74, 6) is 0. The fourth-order valence-corrected chi connectivity index (χ4v) is 3.25. The van der Waals surface area contributed by atoms with E-state index in [4.69, 9.17) is 4.74 Å². The standard InChI is InChI=1S/C17H25NOS/c1-5-13(4)19-11-15-14-8-6-7-9-16(14)20-17(15)10-18-12(2)3/h6-9,12-13,18H,5,10-11H2,1-4H3. The van der Waals surface area contributed by atoms with Crippen molar-refractivity contribution in [1.82, 2.24) is 5.32 Å². The molecule has 0 spiro atoms. The van der Waals surface area contributed by atoms with Gasteiger partial charge in [-0.3, -0.25) is 0 Å². The minimum atomic E-state index is 0.319. The summed E-state index contributed by atoms with van der Waals surface area (Å²) in [5, 5.41) is 4.87. The van der Waals surface area contributed by atoms with Crippen LogP contribution in [-0.2, 0) is 17.9 Å². The molecule has 3 heteroatoms. The van der Waals surface area contributed by atoms with Gasteiger partial charge >= 0.3 is 0 Å². The van der Waals surface area contributed by atoms with Crippen LogP contribution in [0.5, 0.6) is 0 Å². The van der Waals surface area contributed by atoms with Crippen molar-refractivity contribution in [2.24, 2.45) is 0 Å². The normalized spacial score (nSPS) is 13.2. The molecule has 0 fully saturated rings. The van der Waals surface area contributed by atoms with Gasteiger partial charge in [0.2, 0.25) is 0 Å². The zero-order valence-corrected chi connectivity index (χ0v) is 13.7. The first-order chi connectivity index (χ1) is 9.61. The van der Waals surface area contributed by atoms with Gasteiger partial charge in [-0.15, -0.1) is 11.3 Å². The van der Waals surface area contributed by atoms with Gasteiger partial charge in [-0.2, -0.15) is 0 Å². The van der Waals surface area contributed by atoms with Gasteiger partial charge in [0.15, 0.2) is 0 Å². The highest BCUT2D eigenvalue weighted by molar-refractivity contribution is 7.19. The molecule has 0 aliphatic heterocycles. The van der Waals surface area contributed by atoms with Crippen molar-refractivity contribution >= 4 is 21.4 Å². The number of thiophene rings is 1. The molecule has 1 N–H and O–H groups in total. The number of fused-ring (bicyclic) bond motifs is 1. The summed E-state index contributed by atoms with van der Waals surface area (Å²) in [5.41, 5.74) is 1.36. The zero-order valence-electron chi connectivity index (χ0n) is 12.9. The predicted molar refractivity (Wildman–Crippen MR) is 88.3 cm³/mol. The number of benzene rings is 1. The number of rotatable bonds is 7. The Labute approximate surface area is 126 Å². The van der Waals surface area contributed by atoms with Gasteiger partial charge in [0.25, 0.3) is 0 Å². The fraction of sp³-hybridized carbons (Fsp3) is 0.529. The lowest BCUT2D eigenvalue weighted by molar-refractivity contribution is 0.0513. The molecule has 1 aromatic heterocycles. The van der Waals surface area contributed by atoms with E-state index in [-0.39, 0.29) is 0 Å². The zero-order chi connectivity index (χ0) is 14.5. The summed E-state index contributed by atoms with van der Waals surface area (Å²) >= 11 is 1.88. The van der Waals surface area contributed by atoms with E-state index in [0.717, 1.165) is 13.0 Å². The van der Waals surface area contributed by atoms with Crippen LogP contribution in [0.4, 0.5) is 0 Å². The van der Waals surface area contributed by atoms with Crippen molar-refractivity contribution in [2.75, 3.05) is 0 Å². The maximum Gasteiger partial charge on any atom is 0.0737 e. The van der Waals surface area contributed by atoms with E-state index in [0.29, 0.717) is 18.8 Å². The van der Waals surface area contributed by atoms with E-state index in [9.17, 15) is 0 Å². The molecule has 0 bridgehead atoms. The van der Waals surface area contributed by atoms with Crippen LogP contribution in [-0.4, -0.2) is 12.1 Å². The van der Waals surface area contributed by atoms with E-state index in [1.807, 2.05) is 11.3 Å². The molecule has 2 aromatic rings. The Morgan fingerprint density at radius 1 is 1.20 bits per heavy atom. The maximum atomic E-state index is 5.97. The van der Waals surface area contributed by atoms with E-state index >= 15 is 0 Å². The van der Waals surface area contributed by atoms with Crippen LogP contribution in [0.2, 0.25) is 0 Å². The maximum absolute atomic E-state index is 5.97. The molecule has 20 heavy (non-hydrogen) atoms. The van der Waals surface area contributed by atoms with Crippen LogP contribution in [0.25, 0.3) is 10.1 Å². The summed E-state index contributed by atoms with van der Waals surface area (Å²) in [7, 11) is 0. The van der Waals surface area contributed by atoms with Gasteiger partial charge in [0, 0.05) is 27.7 Å². The van der Waals surface area contributed by atoms with Gasteiger partial charge < -0.3 is 10.1 Å². The molecular formula is C17H25NOS. The predicted octanol–water partition coefficient (Wildman–Crippen LogP) is 4.71. The van der Waals surface area contributed by atoms with E-state index in [1.165, 1.54) is 20.5 Å². The molecule has 0 amide bonds. The third-order valence-electron chi connectivity index (χ3n) is 3.54. The van der Waals surface area contributed by atoms with E-state index in [2.05, 4.69) is 57.3 Å². The third kappa shape index (κ3) is 3.81. The lowest BCUT2D eigenvalue weighted by atomic mass is 10.1. The summed E-state index contributed by atoms with van der Waals surface area (Å²) in [6, 6.07) is 9.13. The monoisotopic (exact) mass is 291 g/mol. The first-order valence-corrected chi connectivity index (χ1v) is 8.27. The first-order valence-electron chi connectivity index (χ1n) is 7.46. The highest BCUT2D eigenvalue weighted by atomic mass is 32.1. The molecule has 0 aliphatic rings. The fourth-order valence-electron chi connectivity index (χ4n) is 2.09. The van der Waals surface area contributed by atoms with E-state index in [1.54, 1.807) is 0 Å². The molecule has 2 rings (SSSR count). The van der Waals surface area contributed by atoms with E-state index < -0.39 is 0 Å². The minimum Gasteiger partial charge on any atom is -0.374 e. The van der Waals surface area contributed by atoms with Crippen molar-refractivity contribution in [1.29, 1.82) is 0 Å². The molecule has 1 atom stereocenters. The van der Waals surface area contributed by atoms with Crippen LogP contribution in [0.1, 0.15) is 44.6 Å². The largest absolute Gasteiger partial charge is 0.374 e. The molecule has 2 nitrogen and oxygen atoms in total. The Hall–Kier alpha value is -0.900. The van der Waals surface area contributed by atoms with Crippen LogP contribution in [0.3, 0.4) is 0 Å². The molecule has 1 aromatic carbocycles. The topological polar surface area (TPSA) is 21.3 Å². The molecule has 110 valence electrons. The van der Waals surface area contributed by atoms with Gasteiger partial charge in [0.1, 0.15) is 0 Å². The van der Waals surface area contributed by atoms with Crippen molar-refractivity contribution < 1.29 is 4.74 Å². The molecule has 0 radical (unpaired) electrons. The van der Waals surface area contributed by atoms with Gasteiger partial charge in [-0.25, -0.2) is 0 Å². The Bertz CT molecular complexity index is 547. The first kappa shape index (κ1) is 15.5. The van der Waals surface area contributed by atoms with Crippen molar-refractivity contribution in [3.63, 3.8) is 0 Å². The third-order valence-corrected chi connectivity index (χ3v) is 4.75. The Morgan fingerprint density at radius 2 is 1.95 bits per heavy atom. The SMILES string of the molecule is CCC(C)OCc1c(CNC(C)C)sc2ccccc12. The highest BCUT2D eigenvalue weighted by Gasteiger charge is 2.13. The second-order valence-corrected chi connectivity index (χ2v) is 6.70. The number of nitrogens with one attached hydrogen (secondary N) is 1. The molecular weight excluding hydrogens is 266 g/mol. The van der Waals surface area contributed by atoms with Gasteiger partial charge in [0.05, 0.1) is 12.7 Å². The second kappa shape index (κ2) is 7.21. The molecule has 0 aliphatic carbocycles. The lowest BCUT2D eigenvalue weighted by Gasteiger charge is -2.13. The van der Waals surface area contributed by atoms with Crippen molar-refractivity contribution in [3.8, 4) is 0 Å². The average Bonchev–Trinajstić information content (AvgIpc) is 2.80. The summed E-state index contributed by atoms with van der Waals surface area (Å²) in [4.78, 5) is 1.41. The second-order valence-electron chi connectivity index (χ2n) is 5.57. The summed E-state index contributed by atoms with van der Waals surface area (Å²) in [6.45, 7) is 10.3. The smallest absolute Gasteiger partial charge is 0.0737 e. The Morgan fingerprint density at radius 3 is 2.65 bits per heavy atom. The Kier molecular flexibility index (Phi) is 5.58. The van der Waals surface area contributed by atoms with Gasteiger partial charge in [-0.1, -0.05) is 39.0 Å². The van der Waals surface area contributed by atoms with Crippen LogP contribution in [0, 0.1) is 0 Å².